The minimum Gasteiger partial charge on any atom is -0.355 e. The lowest BCUT2D eigenvalue weighted by Crippen LogP contribution is -2.44. The molecule has 0 aromatic carbocycles. The topological polar surface area (TPSA) is 58.4 Å². The number of carbonyl (C=O) groups excluding carboxylic acids is 1. The fourth-order valence-electron chi connectivity index (χ4n) is 2.48. The number of hydrogen-bond acceptors (Lipinski definition) is 5. The highest BCUT2D eigenvalue weighted by Crippen LogP contribution is 2.31. The Bertz CT molecular complexity index is 638. The molecular weight excluding hydrogens is 345 g/mol. The van der Waals surface area contributed by atoms with Gasteiger partial charge < -0.3 is 14.7 Å². The number of aromatic nitrogens is 1. The van der Waals surface area contributed by atoms with Crippen LogP contribution in [-0.2, 0) is 0 Å². The van der Waals surface area contributed by atoms with Gasteiger partial charge in [-0.05, 0) is 38.1 Å². The fourth-order valence-corrected chi connectivity index (χ4v) is 3.47. The number of piperidine rings is 1. The molecule has 0 aliphatic carbocycles. The molecule has 120 valence electrons. The molecule has 5 nitrogen and oxygen atoms in total. The quantitative estimate of drug-likeness (QED) is 0.910. The maximum atomic E-state index is 12.5. The monoisotopic (exact) mass is 361 g/mol. The van der Waals surface area contributed by atoms with E-state index in [4.69, 9.17) is 16.1 Å². The molecule has 0 atom stereocenters. The van der Waals surface area contributed by atoms with Crippen molar-refractivity contribution in [2.24, 2.45) is 0 Å². The van der Waals surface area contributed by atoms with Crippen LogP contribution in [0.5, 0.6) is 0 Å². The molecule has 0 saturated carbocycles. The number of halogens is 2. The lowest BCUT2D eigenvalue weighted by molar-refractivity contribution is 0.0693. The van der Waals surface area contributed by atoms with Crippen LogP contribution < -0.4 is 5.32 Å². The summed E-state index contributed by atoms with van der Waals surface area (Å²) in [6.07, 6.45) is 1.93. The Morgan fingerprint density at radius 3 is 2.82 bits per heavy atom. The standard InChI is InChI=1S/C14H16ClN3O2S.ClH/c1-18(9-4-6-16-7-5-9)14(19)10-8-11(20-17-10)12-2-3-13(15)21-12;/h2-3,8-9,16H,4-7H2,1H3;1H. The van der Waals surface area contributed by atoms with Crippen molar-refractivity contribution in [2.45, 2.75) is 18.9 Å². The van der Waals surface area contributed by atoms with E-state index >= 15 is 0 Å². The minimum absolute atomic E-state index is 0. The third kappa shape index (κ3) is 3.63. The smallest absolute Gasteiger partial charge is 0.276 e. The predicted octanol–water partition coefficient (Wildman–Crippen LogP) is 3.30. The van der Waals surface area contributed by atoms with Crippen LogP contribution in [0.15, 0.2) is 22.7 Å². The van der Waals surface area contributed by atoms with Crippen molar-refractivity contribution in [3.8, 4) is 10.6 Å². The molecule has 1 N–H and O–H groups in total. The molecule has 0 radical (unpaired) electrons. The minimum atomic E-state index is -0.0976. The molecule has 0 spiro atoms. The lowest BCUT2D eigenvalue weighted by atomic mass is 10.1. The van der Waals surface area contributed by atoms with Gasteiger partial charge in [0, 0.05) is 19.2 Å². The van der Waals surface area contributed by atoms with Crippen molar-refractivity contribution in [2.75, 3.05) is 20.1 Å². The van der Waals surface area contributed by atoms with Crippen LogP contribution in [-0.4, -0.2) is 42.1 Å². The first-order valence-corrected chi connectivity index (χ1v) is 8.05. The lowest BCUT2D eigenvalue weighted by Gasteiger charge is -2.31. The molecule has 8 heteroatoms. The van der Waals surface area contributed by atoms with Gasteiger partial charge in [0.15, 0.2) is 11.5 Å². The maximum absolute atomic E-state index is 12.5. The molecule has 2 aromatic heterocycles. The summed E-state index contributed by atoms with van der Waals surface area (Å²) in [4.78, 5) is 15.1. The molecule has 1 amide bonds. The van der Waals surface area contributed by atoms with Crippen LogP contribution >= 0.6 is 35.3 Å². The van der Waals surface area contributed by atoms with E-state index in [0.29, 0.717) is 15.8 Å². The number of amides is 1. The average molecular weight is 362 g/mol. The Labute approximate surface area is 144 Å². The van der Waals surface area contributed by atoms with Crippen molar-refractivity contribution < 1.29 is 9.32 Å². The van der Waals surface area contributed by atoms with Gasteiger partial charge in [-0.15, -0.1) is 23.7 Å². The molecule has 3 heterocycles. The summed E-state index contributed by atoms with van der Waals surface area (Å²) in [5.74, 6) is 0.480. The van der Waals surface area contributed by atoms with E-state index in [9.17, 15) is 4.79 Å². The summed E-state index contributed by atoms with van der Waals surface area (Å²) in [5.41, 5.74) is 0.343. The highest BCUT2D eigenvalue weighted by Gasteiger charge is 2.25. The van der Waals surface area contributed by atoms with Gasteiger partial charge in [0.2, 0.25) is 0 Å². The van der Waals surface area contributed by atoms with E-state index < -0.39 is 0 Å². The van der Waals surface area contributed by atoms with Crippen LogP contribution in [0.4, 0.5) is 0 Å². The normalized spacial score (nSPS) is 15.4. The second-order valence-corrected chi connectivity index (χ2v) is 6.79. The predicted molar refractivity (Wildman–Crippen MR) is 90.1 cm³/mol. The van der Waals surface area contributed by atoms with Gasteiger partial charge in [0.25, 0.3) is 5.91 Å². The zero-order valence-electron chi connectivity index (χ0n) is 12.0. The van der Waals surface area contributed by atoms with Gasteiger partial charge in [-0.25, -0.2) is 0 Å². The number of thiophene rings is 1. The Morgan fingerprint density at radius 1 is 1.45 bits per heavy atom. The maximum Gasteiger partial charge on any atom is 0.276 e. The highest BCUT2D eigenvalue weighted by molar-refractivity contribution is 7.19. The van der Waals surface area contributed by atoms with Gasteiger partial charge in [0.1, 0.15) is 0 Å². The first-order chi connectivity index (χ1) is 10.1. The average Bonchev–Trinajstić information content (AvgIpc) is 3.15. The Hall–Kier alpha value is -1.08. The molecular formula is C14H17Cl2N3O2S. The Kier molecular flexibility index (Phi) is 5.86. The van der Waals surface area contributed by atoms with Crippen molar-refractivity contribution in [3.63, 3.8) is 0 Å². The second kappa shape index (κ2) is 7.46. The first-order valence-electron chi connectivity index (χ1n) is 6.85. The molecule has 0 bridgehead atoms. The third-order valence-electron chi connectivity index (χ3n) is 3.72. The molecule has 1 aliphatic rings. The summed E-state index contributed by atoms with van der Waals surface area (Å²) < 4.78 is 5.95. The van der Waals surface area contributed by atoms with Crippen LogP contribution in [0.3, 0.4) is 0 Å². The number of hydrogen-bond donors (Lipinski definition) is 1. The third-order valence-corrected chi connectivity index (χ3v) is 4.97. The van der Waals surface area contributed by atoms with E-state index in [1.165, 1.54) is 11.3 Å². The number of rotatable bonds is 3. The molecule has 1 aliphatic heterocycles. The van der Waals surface area contributed by atoms with Gasteiger partial charge >= 0.3 is 0 Å². The van der Waals surface area contributed by atoms with E-state index in [1.807, 2.05) is 13.1 Å². The van der Waals surface area contributed by atoms with Gasteiger partial charge in [0.05, 0.1) is 9.21 Å². The second-order valence-electron chi connectivity index (χ2n) is 5.08. The molecule has 1 saturated heterocycles. The Morgan fingerprint density at radius 2 is 2.18 bits per heavy atom. The molecule has 22 heavy (non-hydrogen) atoms. The number of nitrogens with one attached hydrogen (secondary N) is 1. The van der Waals surface area contributed by atoms with E-state index in [1.54, 1.807) is 17.0 Å². The summed E-state index contributed by atoms with van der Waals surface area (Å²) in [5, 5.41) is 7.19. The van der Waals surface area contributed by atoms with Crippen LogP contribution in [0, 0.1) is 0 Å². The van der Waals surface area contributed by atoms with Crippen molar-refractivity contribution >= 4 is 41.3 Å². The van der Waals surface area contributed by atoms with Crippen molar-refractivity contribution in [3.05, 3.63) is 28.2 Å². The molecule has 3 rings (SSSR count). The van der Waals surface area contributed by atoms with Crippen molar-refractivity contribution in [1.82, 2.24) is 15.4 Å². The SMILES string of the molecule is CN(C(=O)c1cc(-c2ccc(Cl)s2)on1)C1CCNCC1.Cl. The van der Waals surface area contributed by atoms with Crippen LogP contribution in [0.25, 0.3) is 10.6 Å². The van der Waals surface area contributed by atoms with Gasteiger partial charge in [-0.3, -0.25) is 4.79 Å². The summed E-state index contributed by atoms with van der Waals surface area (Å²) in [6.45, 7) is 1.89. The van der Waals surface area contributed by atoms with E-state index in [-0.39, 0.29) is 24.4 Å². The Balaban J connectivity index is 0.00000176. The fraction of sp³-hybridized carbons (Fsp3) is 0.429. The molecule has 0 unspecified atom stereocenters. The summed E-state index contributed by atoms with van der Waals surface area (Å²) in [7, 11) is 1.83. The number of carbonyl (C=O) groups is 1. The summed E-state index contributed by atoms with van der Waals surface area (Å²) >= 11 is 7.31. The van der Waals surface area contributed by atoms with Gasteiger partial charge in [-0.2, -0.15) is 0 Å². The van der Waals surface area contributed by atoms with Crippen LogP contribution in [0.2, 0.25) is 4.34 Å². The van der Waals surface area contributed by atoms with Gasteiger partial charge in [-0.1, -0.05) is 16.8 Å². The van der Waals surface area contributed by atoms with Crippen LogP contribution in [0.1, 0.15) is 23.3 Å². The first kappa shape index (κ1) is 17.3. The zero-order valence-corrected chi connectivity index (χ0v) is 14.4. The number of nitrogens with zero attached hydrogens (tertiary/aromatic N) is 2. The zero-order chi connectivity index (χ0) is 14.8. The molecule has 2 aromatic rings. The van der Waals surface area contributed by atoms with Crippen molar-refractivity contribution in [1.29, 1.82) is 0 Å². The van der Waals surface area contributed by atoms with E-state index in [0.717, 1.165) is 30.8 Å². The largest absolute Gasteiger partial charge is 0.355 e. The molecule has 1 fully saturated rings. The van der Waals surface area contributed by atoms with E-state index in [2.05, 4.69) is 10.5 Å². The highest BCUT2D eigenvalue weighted by atomic mass is 35.5. The summed E-state index contributed by atoms with van der Waals surface area (Å²) in [6, 6.07) is 5.60.